The van der Waals surface area contributed by atoms with E-state index in [0.717, 1.165) is 24.9 Å². The van der Waals surface area contributed by atoms with Gasteiger partial charge in [0.1, 0.15) is 0 Å². The van der Waals surface area contributed by atoms with Crippen LogP contribution in [0.3, 0.4) is 0 Å². The normalized spacial score (nSPS) is 23.7. The Hall–Kier alpha value is -0.830. The van der Waals surface area contributed by atoms with Crippen LogP contribution in [-0.2, 0) is 6.42 Å². The summed E-state index contributed by atoms with van der Waals surface area (Å²) in [5.41, 5.74) is 2.59. The minimum atomic E-state index is 0.776. The lowest BCUT2D eigenvalue weighted by molar-refractivity contribution is 0.278. The monoisotopic (exact) mass is 263 g/mol. The van der Waals surface area contributed by atoms with Crippen molar-refractivity contribution in [1.29, 1.82) is 0 Å². The number of hydrogen-bond donors (Lipinski definition) is 2. The van der Waals surface area contributed by atoms with Gasteiger partial charge >= 0.3 is 0 Å². The second kappa shape index (κ2) is 7.68. The van der Waals surface area contributed by atoms with Crippen molar-refractivity contribution in [2.75, 3.05) is 6.54 Å². The number of aromatic nitrogens is 2. The van der Waals surface area contributed by atoms with Gasteiger partial charge in [0.25, 0.3) is 0 Å². The largest absolute Gasteiger partial charge is 0.314 e. The molecule has 1 fully saturated rings. The highest BCUT2D eigenvalue weighted by Gasteiger charge is 2.19. The second-order valence-electron chi connectivity index (χ2n) is 6.08. The molecule has 3 nitrogen and oxygen atoms in total. The van der Waals surface area contributed by atoms with Crippen molar-refractivity contribution in [2.24, 2.45) is 5.92 Å². The smallest absolute Gasteiger partial charge is 0.0522 e. The molecule has 1 aliphatic carbocycles. The number of nitrogens with one attached hydrogen (secondary N) is 2. The number of hydrogen-bond acceptors (Lipinski definition) is 2. The quantitative estimate of drug-likeness (QED) is 0.738. The fourth-order valence-electron chi connectivity index (χ4n) is 3.28. The Labute approximate surface area is 117 Å². The van der Waals surface area contributed by atoms with E-state index < -0.39 is 0 Å². The third-order valence-corrected chi connectivity index (χ3v) is 4.53. The van der Waals surface area contributed by atoms with Crippen molar-refractivity contribution in [3.63, 3.8) is 0 Å². The van der Waals surface area contributed by atoms with Gasteiger partial charge in [0.2, 0.25) is 0 Å². The van der Waals surface area contributed by atoms with E-state index in [1.54, 1.807) is 0 Å². The van der Waals surface area contributed by atoms with Gasteiger partial charge < -0.3 is 5.32 Å². The van der Waals surface area contributed by atoms with Crippen molar-refractivity contribution in [1.82, 2.24) is 15.5 Å². The summed E-state index contributed by atoms with van der Waals surface area (Å²) < 4.78 is 0. The Kier molecular flexibility index (Phi) is 5.90. The van der Waals surface area contributed by atoms with Crippen LogP contribution in [0.2, 0.25) is 0 Å². The van der Waals surface area contributed by atoms with E-state index >= 15 is 0 Å². The van der Waals surface area contributed by atoms with Crippen LogP contribution in [0.15, 0.2) is 6.20 Å². The molecule has 0 saturated heterocycles. The summed E-state index contributed by atoms with van der Waals surface area (Å²) in [5, 5.41) is 10.8. The van der Waals surface area contributed by atoms with E-state index in [1.807, 2.05) is 6.20 Å². The molecule has 0 radical (unpaired) electrons. The molecule has 2 N–H and O–H groups in total. The van der Waals surface area contributed by atoms with E-state index in [-0.39, 0.29) is 0 Å². The van der Waals surface area contributed by atoms with Gasteiger partial charge in [-0.2, -0.15) is 5.10 Å². The molecule has 0 spiro atoms. The van der Waals surface area contributed by atoms with Crippen LogP contribution in [0.5, 0.6) is 0 Å². The maximum atomic E-state index is 4.07. The molecule has 0 unspecified atom stereocenters. The van der Waals surface area contributed by atoms with Crippen LogP contribution in [0, 0.1) is 12.8 Å². The van der Waals surface area contributed by atoms with Crippen LogP contribution in [0.25, 0.3) is 0 Å². The summed E-state index contributed by atoms with van der Waals surface area (Å²) >= 11 is 0. The van der Waals surface area contributed by atoms with Crippen molar-refractivity contribution < 1.29 is 0 Å². The van der Waals surface area contributed by atoms with E-state index in [2.05, 4.69) is 29.4 Å². The maximum Gasteiger partial charge on any atom is 0.0522 e. The third-order valence-electron chi connectivity index (χ3n) is 4.53. The zero-order valence-electron chi connectivity index (χ0n) is 12.5. The average Bonchev–Trinajstić information content (AvgIpc) is 2.83. The number of H-pyrrole nitrogens is 1. The molecule has 0 amide bonds. The topological polar surface area (TPSA) is 40.7 Å². The van der Waals surface area contributed by atoms with Gasteiger partial charge in [0.05, 0.1) is 6.20 Å². The average molecular weight is 263 g/mol. The number of aromatic amines is 1. The lowest BCUT2D eigenvalue weighted by atomic mass is 9.83. The zero-order valence-corrected chi connectivity index (χ0v) is 12.5. The van der Waals surface area contributed by atoms with E-state index in [1.165, 1.54) is 56.2 Å². The summed E-state index contributed by atoms with van der Waals surface area (Å²) in [6, 6.07) is 0.776. The number of aryl methyl sites for hydroxylation is 2. The van der Waals surface area contributed by atoms with Gasteiger partial charge in [-0.25, -0.2) is 0 Å². The molecular formula is C16H29N3. The summed E-state index contributed by atoms with van der Waals surface area (Å²) in [4.78, 5) is 0. The minimum absolute atomic E-state index is 0.776. The predicted octanol–water partition coefficient (Wildman–Crippen LogP) is 3.60. The SMILES string of the molecule is CCCC1CCC(NCCCc2cn[nH]c2C)CC1. The van der Waals surface area contributed by atoms with Crippen LogP contribution in [0.4, 0.5) is 0 Å². The van der Waals surface area contributed by atoms with Crippen LogP contribution in [0.1, 0.15) is 63.1 Å². The first kappa shape index (κ1) is 14.6. The first-order chi connectivity index (χ1) is 9.29. The van der Waals surface area contributed by atoms with Crippen molar-refractivity contribution in [3.8, 4) is 0 Å². The predicted molar refractivity (Wildman–Crippen MR) is 80.3 cm³/mol. The van der Waals surface area contributed by atoms with Crippen LogP contribution < -0.4 is 5.32 Å². The molecule has 3 heteroatoms. The van der Waals surface area contributed by atoms with Crippen molar-refractivity contribution in [3.05, 3.63) is 17.5 Å². The van der Waals surface area contributed by atoms with Gasteiger partial charge in [-0.05, 0) is 63.5 Å². The molecule has 108 valence electrons. The molecule has 1 aromatic heterocycles. The number of rotatable bonds is 7. The molecule has 1 aromatic rings. The maximum absolute atomic E-state index is 4.07. The van der Waals surface area contributed by atoms with Crippen molar-refractivity contribution >= 4 is 0 Å². The third kappa shape index (κ3) is 4.64. The molecule has 0 atom stereocenters. The highest BCUT2D eigenvalue weighted by molar-refractivity contribution is 5.14. The summed E-state index contributed by atoms with van der Waals surface area (Å²) in [7, 11) is 0. The molecule has 1 heterocycles. The Morgan fingerprint density at radius 1 is 1.32 bits per heavy atom. The molecule has 1 saturated carbocycles. The molecule has 2 rings (SSSR count). The lowest BCUT2D eigenvalue weighted by Crippen LogP contribution is -2.34. The van der Waals surface area contributed by atoms with Gasteiger partial charge in [-0.1, -0.05) is 19.8 Å². The standard InChI is InChI=1S/C16H29N3/c1-3-5-14-7-9-16(10-8-14)17-11-4-6-15-12-18-19-13(15)2/h12,14,16-17H,3-11H2,1-2H3,(H,18,19). The second-order valence-corrected chi connectivity index (χ2v) is 6.08. The van der Waals surface area contributed by atoms with E-state index in [9.17, 15) is 0 Å². The molecular weight excluding hydrogens is 234 g/mol. The first-order valence-electron chi connectivity index (χ1n) is 8.01. The van der Waals surface area contributed by atoms with Gasteiger partial charge in [-0.15, -0.1) is 0 Å². The van der Waals surface area contributed by atoms with Crippen LogP contribution in [-0.4, -0.2) is 22.8 Å². The Morgan fingerprint density at radius 3 is 2.74 bits per heavy atom. The Morgan fingerprint density at radius 2 is 2.11 bits per heavy atom. The molecule has 0 bridgehead atoms. The van der Waals surface area contributed by atoms with Gasteiger partial charge in [-0.3, -0.25) is 5.10 Å². The highest BCUT2D eigenvalue weighted by Crippen LogP contribution is 2.27. The fourth-order valence-corrected chi connectivity index (χ4v) is 3.28. The molecule has 1 aliphatic rings. The Bertz CT molecular complexity index is 351. The van der Waals surface area contributed by atoms with Crippen LogP contribution >= 0.6 is 0 Å². The van der Waals surface area contributed by atoms with Crippen molar-refractivity contribution in [2.45, 2.75) is 71.3 Å². The number of nitrogens with zero attached hydrogens (tertiary/aromatic N) is 1. The van der Waals surface area contributed by atoms with E-state index in [0.29, 0.717) is 0 Å². The highest BCUT2D eigenvalue weighted by atomic mass is 15.1. The van der Waals surface area contributed by atoms with Gasteiger partial charge in [0, 0.05) is 11.7 Å². The fraction of sp³-hybridized carbons (Fsp3) is 0.812. The summed E-state index contributed by atoms with van der Waals surface area (Å²) in [6.45, 7) is 5.56. The molecule has 0 aromatic carbocycles. The van der Waals surface area contributed by atoms with Gasteiger partial charge in [0.15, 0.2) is 0 Å². The lowest BCUT2D eigenvalue weighted by Gasteiger charge is -2.29. The minimum Gasteiger partial charge on any atom is -0.314 e. The zero-order chi connectivity index (χ0) is 13.5. The molecule has 0 aliphatic heterocycles. The summed E-state index contributed by atoms with van der Waals surface area (Å²) in [5.74, 6) is 1.01. The summed E-state index contributed by atoms with van der Waals surface area (Å²) in [6.07, 6.45) is 12.8. The first-order valence-corrected chi connectivity index (χ1v) is 8.01. The Balaban J connectivity index is 1.56. The van der Waals surface area contributed by atoms with E-state index in [4.69, 9.17) is 0 Å². The molecule has 19 heavy (non-hydrogen) atoms.